The summed E-state index contributed by atoms with van der Waals surface area (Å²) in [5.74, 6) is -0.944. The Morgan fingerprint density at radius 2 is 1.52 bits per heavy atom. The Bertz CT molecular complexity index is 844. The average Bonchev–Trinajstić information content (AvgIpc) is 2.64. The van der Waals surface area contributed by atoms with E-state index in [9.17, 15) is 19.7 Å². The van der Waals surface area contributed by atoms with Gasteiger partial charge in [0.2, 0.25) is 0 Å². The highest BCUT2D eigenvalue weighted by atomic mass is 16.6. The summed E-state index contributed by atoms with van der Waals surface area (Å²) in [6.45, 7) is 7.32. The number of rotatable bonds is 4. The van der Waals surface area contributed by atoms with Gasteiger partial charge in [0.25, 0.3) is 17.5 Å². The van der Waals surface area contributed by atoms with Crippen molar-refractivity contribution in [3.05, 3.63) is 75.8 Å². The van der Waals surface area contributed by atoms with Crippen molar-refractivity contribution in [2.75, 3.05) is 6.54 Å². The number of carbonyl (C=O) groups is 2. The second-order valence-corrected chi connectivity index (χ2v) is 6.95. The lowest BCUT2D eigenvalue weighted by Gasteiger charge is -2.43. The van der Waals surface area contributed by atoms with Crippen LogP contribution in [0.3, 0.4) is 0 Å². The number of nitrogens with zero attached hydrogens (tertiary/aromatic N) is 3. The van der Waals surface area contributed by atoms with Crippen molar-refractivity contribution in [1.82, 2.24) is 10.0 Å². The highest BCUT2D eigenvalue weighted by Gasteiger charge is 2.37. The molecule has 0 spiro atoms. The molecule has 0 unspecified atom stereocenters. The molecule has 0 heterocycles. The maximum absolute atomic E-state index is 13.3. The lowest BCUT2D eigenvalue weighted by molar-refractivity contribution is -0.385. The maximum atomic E-state index is 13.3. The average molecular weight is 369 g/mol. The molecular formula is C20H23N3O4. The van der Waals surface area contributed by atoms with Gasteiger partial charge in [-0.3, -0.25) is 19.7 Å². The summed E-state index contributed by atoms with van der Waals surface area (Å²) in [5.41, 5.74) is -0.693. The summed E-state index contributed by atoms with van der Waals surface area (Å²) in [6.07, 6.45) is 0. The molecule has 142 valence electrons. The molecule has 2 amide bonds. The van der Waals surface area contributed by atoms with E-state index in [1.165, 1.54) is 28.2 Å². The molecule has 0 saturated heterocycles. The second-order valence-electron chi connectivity index (χ2n) is 6.95. The lowest BCUT2D eigenvalue weighted by atomic mass is 10.0. The summed E-state index contributed by atoms with van der Waals surface area (Å²) in [7, 11) is 0. The zero-order valence-electron chi connectivity index (χ0n) is 15.9. The minimum Gasteiger partial charge on any atom is -0.267 e. The molecule has 2 aromatic rings. The molecule has 0 radical (unpaired) electrons. The Morgan fingerprint density at radius 3 is 2.04 bits per heavy atom. The predicted molar refractivity (Wildman–Crippen MR) is 102 cm³/mol. The Hall–Kier alpha value is -3.22. The number of para-hydroxylation sites is 1. The number of hydrogen-bond acceptors (Lipinski definition) is 4. The number of carbonyl (C=O) groups excluding carboxylic acids is 2. The maximum Gasteiger partial charge on any atom is 0.282 e. The minimum atomic E-state index is -0.777. The number of benzene rings is 2. The molecule has 0 atom stereocenters. The van der Waals surface area contributed by atoms with Crippen LogP contribution in [-0.4, -0.2) is 38.8 Å². The van der Waals surface area contributed by atoms with Gasteiger partial charge in [0.1, 0.15) is 5.56 Å². The van der Waals surface area contributed by atoms with Crippen molar-refractivity contribution in [2.45, 2.75) is 33.2 Å². The predicted octanol–water partition coefficient (Wildman–Crippen LogP) is 3.91. The van der Waals surface area contributed by atoms with E-state index in [1.54, 1.807) is 64.1 Å². The minimum absolute atomic E-state index is 0.0586. The largest absolute Gasteiger partial charge is 0.282 e. The number of hydrazine groups is 1. The van der Waals surface area contributed by atoms with E-state index in [0.29, 0.717) is 5.56 Å². The van der Waals surface area contributed by atoms with Crippen LogP contribution in [-0.2, 0) is 0 Å². The van der Waals surface area contributed by atoms with Crippen LogP contribution >= 0.6 is 0 Å². The van der Waals surface area contributed by atoms with Crippen LogP contribution in [0.1, 0.15) is 48.4 Å². The van der Waals surface area contributed by atoms with Crippen LogP contribution in [0, 0.1) is 10.1 Å². The zero-order chi connectivity index (χ0) is 20.2. The molecule has 27 heavy (non-hydrogen) atoms. The van der Waals surface area contributed by atoms with E-state index in [1.807, 2.05) is 0 Å². The van der Waals surface area contributed by atoms with Gasteiger partial charge in [0, 0.05) is 18.2 Å². The normalized spacial score (nSPS) is 11.0. The van der Waals surface area contributed by atoms with E-state index in [4.69, 9.17) is 0 Å². The summed E-state index contributed by atoms with van der Waals surface area (Å²) in [5, 5.41) is 14.0. The van der Waals surface area contributed by atoms with Crippen LogP contribution in [0.4, 0.5) is 5.69 Å². The Kier molecular flexibility index (Phi) is 5.95. The van der Waals surface area contributed by atoms with E-state index >= 15 is 0 Å². The Morgan fingerprint density at radius 1 is 0.963 bits per heavy atom. The third kappa shape index (κ3) is 4.31. The zero-order valence-corrected chi connectivity index (χ0v) is 15.9. The third-order valence-electron chi connectivity index (χ3n) is 3.96. The van der Waals surface area contributed by atoms with E-state index in [0.717, 1.165) is 0 Å². The van der Waals surface area contributed by atoms with Crippen molar-refractivity contribution >= 4 is 17.5 Å². The molecule has 0 aliphatic rings. The quantitative estimate of drug-likeness (QED) is 0.604. The summed E-state index contributed by atoms with van der Waals surface area (Å²) >= 11 is 0. The van der Waals surface area contributed by atoms with E-state index < -0.39 is 16.4 Å². The molecule has 0 aromatic heterocycles. The fourth-order valence-corrected chi connectivity index (χ4v) is 2.81. The van der Waals surface area contributed by atoms with E-state index in [-0.39, 0.29) is 23.7 Å². The van der Waals surface area contributed by atoms with Gasteiger partial charge in [-0.1, -0.05) is 30.3 Å². The first kappa shape index (κ1) is 20.1. The van der Waals surface area contributed by atoms with Crippen LogP contribution in [0.15, 0.2) is 54.6 Å². The lowest BCUT2D eigenvalue weighted by Crippen LogP contribution is -2.58. The van der Waals surface area contributed by atoms with Crippen molar-refractivity contribution < 1.29 is 14.5 Å². The molecular weight excluding hydrogens is 346 g/mol. The molecule has 0 aliphatic carbocycles. The number of amides is 2. The highest BCUT2D eigenvalue weighted by Crippen LogP contribution is 2.26. The van der Waals surface area contributed by atoms with Crippen LogP contribution in [0.2, 0.25) is 0 Å². The van der Waals surface area contributed by atoms with Gasteiger partial charge in [-0.25, -0.2) is 10.0 Å². The molecule has 0 fully saturated rings. The number of hydrogen-bond donors (Lipinski definition) is 0. The SMILES string of the molecule is CCN(C(=O)c1ccccc1)N(C(=O)c1ccccc1[N+](=O)[O-])C(C)(C)C. The molecule has 0 saturated carbocycles. The summed E-state index contributed by atoms with van der Waals surface area (Å²) < 4.78 is 0. The third-order valence-corrected chi connectivity index (χ3v) is 3.96. The molecule has 2 rings (SSSR count). The van der Waals surface area contributed by atoms with Crippen LogP contribution in [0.25, 0.3) is 0 Å². The van der Waals surface area contributed by atoms with Gasteiger partial charge in [-0.2, -0.15) is 0 Å². The number of nitro groups is 1. The fraction of sp³-hybridized carbons (Fsp3) is 0.300. The Balaban J connectivity index is 2.53. The number of nitro benzene ring substituents is 1. The van der Waals surface area contributed by atoms with Gasteiger partial charge in [-0.05, 0) is 45.9 Å². The van der Waals surface area contributed by atoms with Crippen molar-refractivity contribution in [3.63, 3.8) is 0 Å². The van der Waals surface area contributed by atoms with Gasteiger partial charge in [0.05, 0.1) is 10.5 Å². The summed E-state index contributed by atoms with van der Waals surface area (Å²) in [6, 6.07) is 14.4. The van der Waals surface area contributed by atoms with Gasteiger partial charge in [-0.15, -0.1) is 0 Å². The fourth-order valence-electron chi connectivity index (χ4n) is 2.81. The first-order valence-electron chi connectivity index (χ1n) is 8.63. The second kappa shape index (κ2) is 7.99. The van der Waals surface area contributed by atoms with E-state index in [2.05, 4.69) is 0 Å². The first-order valence-corrected chi connectivity index (χ1v) is 8.63. The molecule has 0 aliphatic heterocycles. The van der Waals surface area contributed by atoms with Gasteiger partial charge < -0.3 is 0 Å². The topological polar surface area (TPSA) is 83.8 Å². The smallest absolute Gasteiger partial charge is 0.267 e. The standard InChI is InChI=1S/C20H23N3O4/c1-5-21(18(24)15-11-7-6-8-12-15)22(20(2,3)4)19(25)16-13-9-10-14-17(16)23(26)27/h6-14H,5H2,1-4H3. The van der Waals surface area contributed by atoms with Gasteiger partial charge in [0.15, 0.2) is 0 Å². The van der Waals surface area contributed by atoms with Crippen LogP contribution < -0.4 is 0 Å². The monoisotopic (exact) mass is 369 g/mol. The first-order chi connectivity index (χ1) is 12.7. The van der Waals surface area contributed by atoms with Crippen molar-refractivity contribution in [3.8, 4) is 0 Å². The van der Waals surface area contributed by atoms with Crippen molar-refractivity contribution in [1.29, 1.82) is 0 Å². The highest BCUT2D eigenvalue weighted by molar-refractivity contribution is 6.01. The molecule has 7 heteroatoms. The molecule has 0 bridgehead atoms. The van der Waals surface area contributed by atoms with Gasteiger partial charge >= 0.3 is 0 Å². The molecule has 7 nitrogen and oxygen atoms in total. The van der Waals surface area contributed by atoms with Crippen molar-refractivity contribution in [2.24, 2.45) is 0 Å². The molecule has 2 aromatic carbocycles. The summed E-state index contributed by atoms with van der Waals surface area (Å²) in [4.78, 5) is 37.1. The Labute approximate surface area is 158 Å². The molecule has 0 N–H and O–H groups in total. The van der Waals surface area contributed by atoms with Crippen LogP contribution in [0.5, 0.6) is 0 Å².